The molecule has 0 radical (unpaired) electrons. The first-order valence-electron chi connectivity index (χ1n) is 6.02. The average Bonchev–Trinajstić information content (AvgIpc) is 3.14. The van der Waals surface area contributed by atoms with E-state index in [1.807, 2.05) is 6.07 Å². The van der Waals surface area contributed by atoms with Crippen molar-refractivity contribution in [1.82, 2.24) is 9.88 Å². The number of carbonyl (C=O) groups excluding carboxylic acids is 1. The van der Waals surface area contributed by atoms with E-state index in [1.165, 1.54) is 4.90 Å². The average molecular weight is 248 g/mol. The molecule has 0 spiro atoms. The predicted molar refractivity (Wildman–Crippen MR) is 64.9 cm³/mol. The Bertz CT molecular complexity index is 443. The van der Waals surface area contributed by atoms with Gasteiger partial charge in [-0.1, -0.05) is 6.07 Å². The van der Waals surface area contributed by atoms with Gasteiger partial charge in [0, 0.05) is 18.4 Å². The molecule has 0 saturated heterocycles. The fraction of sp³-hybridized carbons (Fsp3) is 0.462. The summed E-state index contributed by atoms with van der Waals surface area (Å²) >= 11 is 0. The lowest BCUT2D eigenvalue weighted by Crippen LogP contribution is -2.45. The molecule has 2 rings (SSSR count). The zero-order valence-corrected chi connectivity index (χ0v) is 10.2. The monoisotopic (exact) mass is 248 g/mol. The lowest BCUT2D eigenvalue weighted by molar-refractivity contribution is -0.149. The van der Waals surface area contributed by atoms with Crippen molar-refractivity contribution in [1.29, 1.82) is 0 Å². The standard InChI is InChI=1S/C13H16N2O3/c1-9(13(17)18)15(11-4-5-11)12(16)7-10-3-2-6-14-8-10/h2-3,6,8-9,11H,4-5,7H2,1H3,(H,17,18). The van der Waals surface area contributed by atoms with Crippen molar-refractivity contribution < 1.29 is 14.7 Å². The molecule has 1 saturated carbocycles. The molecular formula is C13H16N2O3. The number of rotatable bonds is 5. The van der Waals surface area contributed by atoms with Gasteiger partial charge in [0.15, 0.2) is 0 Å². The molecule has 96 valence electrons. The molecule has 1 atom stereocenters. The van der Waals surface area contributed by atoms with Crippen molar-refractivity contribution in [3.8, 4) is 0 Å². The molecule has 1 aliphatic carbocycles. The molecule has 1 amide bonds. The molecule has 1 aliphatic rings. The number of hydrogen-bond acceptors (Lipinski definition) is 3. The zero-order chi connectivity index (χ0) is 13.1. The third-order valence-electron chi connectivity index (χ3n) is 3.08. The Balaban J connectivity index is 2.07. The number of hydrogen-bond donors (Lipinski definition) is 1. The van der Waals surface area contributed by atoms with Crippen molar-refractivity contribution in [2.45, 2.75) is 38.3 Å². The number of carbonyl (C=O) groups is 2. The topological polar surface area (TPSA) is 70.5 Å². The quantitative estimate of drug-likeness (QED) is 0.846. The van der Waals surface area contributed by atoms with Crippen LogP contribution in [-0.4, -0.2) is 39.0 Å². The van der Waals surface area contributed by atoms with Crippen LogP contribution in [0.5, 0.6) is 0 Å². The minimum absolute atomic E-state index is 0.0975. The summed E-state index contributed by atoms with van der Waals surface area (Å²) < 4.78 is 0. The molecule has 18 heavy (non-hydrogen) atoms. The highest BCUT2D eigenvalue weighted by molar-refractivity contribution is 5.85. The number of carboxylic acid groups (broad SMARTS) is 1. The summed E-state index contributed by atoms with van der Waals surface area (Å²) in [6.07, 6.45) is 5.29. The second kappa shape index (κ2) is 5.16. The first-order chi connectivity index (χ1) is 8.59. The van der Waals surface area contributed by atoms with Gasteiger partial charge < -0.3 is 10.0 Å². The van der Waals surface area contributed by atoms with Gasteiger partial charge >= 0.3 is 5.97 Å². The predicted octanol–water partition coefficient (Wildman–Crippen LogP) is 1.09. The van der Waals surface area contributed by atoms with E-state index in [-0.39, 0.29) is 18.4 Å². The highest BCUT2D eigenvalue weighted by Crippen LogP contribution is 2.29. The van der Waals surface area contributed by atoms with Crippen LogP contribution < -0.4 is 0 Å². The van der Waals surface area contributed by atoms with Gasteiger partial charge in [-0.3, -0.25) is 9.78 Å². The molecule has 1 N–H and O–H groups in total. The van der Waals surface area contributed by atoms with Crippen LogP contribution in [0, 0.1) is 0 Å². The summed E-state index contributed by atoms with van der Waals surface area (Å²) in [5.41, 5.74) is 0.811. The van der Waals surface area contributed by atoms with E-state index < -0.39 is 12.0 Å². The summed E-state index contributed by atoms with van der Waals surface area (Å²) in [4.78, 5) is 28.6. The minimum Gasteiger partial charge on any atom is -0.480 e. The van der Waals surface area contributed by atoms with Crippen molar-refractivity contribution in [3.05, 3.63) is 30.1 Å². The maximum absolute atomic E-state index is 12.2. The lowest BCUT2D eigenvalue weighted by Gasteiger charge is -2.26. The molecule has 0 aromatic carbocycles. The number of carboxylic acids is 1. The Hall–Kier alpha value is -1.91. The second-order valence-corrected chi connectivity index (χ2v) is 4.58. The van der Waals surface area contributed by atoms with Crippen LogP contribution in [-0.2, 0) is 16.0 Å². The van der Waals surface area contributed by atoms with Crippen LogP contribution in [0.2, 0.25) is 0 Å². The van der Waals surface area contributed by atoms with E-state index in [2.05, 4.69) is 4.98 Å². The Labute approximate surface area is 105 Å². The Kier molecular flexibility index (Phi) is 3.60. The third-order valence-corrected chi connectivity index (χ3v) is 3.08. The molecule has 5 nitrogen and oxygen atoms in total. The molecular weight excluding hydrogens is 232 g/mol. The Morgan fingerprint density at radius 3 is 2.78 bits per heavy atom. The van der Waals surface area contributed by atoms with Crippen LogP contribution in [0.25, 0.3) is 0 Å². The van der Waals surface area contributed by atoms with E-state index in [1.54, 1.807) is 25.4 Å². The van der Waals surface area contributed by atoms with Gasteiger partial charge in [-0.05, 0) is 31.4 Å². The molecule has 1 aromatic heterocycles. The Morgan fingerprint density at radius 2 is 2.28 bits per heavy atom. The van der Waals surface area contributed by atoms with E-state index in [9.17, 15) is 9.59 Å². The van der Waals surface area contributed by atoms with Gasteiger partial charge in [0.25, 0.3) is 0 Å². The summed E-state index contributed by atoms with van der Waals surface area (Å²) in [5.74, 6) is -1.10. The molecule has 5 heteroatoms. The van der Waals surface area contributed by atoms with Crippen LogP contribution in [0.15, 0.2) is 24.5 Å². The third kappa shape index (κ3) is 2.85. The molecule has 0 bridgehead atoms. The molecule has 1 fully saturated rings. The molecule has 0 aliphatic heterocycles. The van der Waals surface area contributed by atoms with Gasteiger partial charge in [-0.15, -0.1) is 0 Å². The largest absolute Gasteiger partial charge is 0.480 e. The fourth-order valence-corrected chi connectivity index (χ4v) is 1.98. The van der Waals surface area contributed by atoms with Crippen LogP contribution in [0.3, 0.4) is 0 Å². The second-order valence-electron chi connectivity index (χ2n) is 4.58. The molecule has 1 unspecified atom stereocenters. The minimum atomic E-state index is -0.957. The normalized spacial score (nSPS) is 16.1. The number of pyridine rings is 1. The van der Waals surface area contributed by atoms with Crippen LogP contribution in [0.4, 0.5) is 0 Å². The number of aromatic nitrogens is 1. The maximum Gasteiger partial charge on any atom is 0.326 e. The van der Waals surface area contributed by atoms with Gasteiger partial charge in [0.2, 0.25) is 5.91 Å². The van der Waals surface area contributed by atoms with Crippen LogP contribution >= 0.6 is 0 Å². The van der Waals surface area contributed by atoms with Gasteiger partial charge in [0.05, 0.1) is 6.42 Å². The van der Waals surface area contributed by atoms with Crippen molar-refractivity contribution in [3.63, 3.8) is 0 Å². The highest BCUT2D eigenvalue weighted by atomic mass is 16.4. The number of amides is 1. The van der Waals surface area contributed by atoms with Gasteiger partial charge in [0.1, 0.15) is 6.04 Å². The lowest BCUT2D eigenvalue weighted by atomic mass is 10.1. The first-order valence-corrected chi connectivity index (χ1v) is 6.02. The van der Waals surface area contributed by atoms with Gasteiger partial charge in [-0.25, -0.2) is 4.79 Å². The zero-order valence-electron chi connectivity index (χ0n) is 10.2. The Morgan fingerprint density at radius 1 is 1.56 bits per heavy atom. The fourth-order valence-electron chi connectivity index (χ4n) is 1.98. The highest BCUT2D eigenvalue weighted by Gasteiger charge is 2.38. The van der Waals surface area contributed by atoms with Crippen molar-refractivity contribution in [2.24, 2.45) is 0 Å². The van der Waals surface area contributed by atoms with Crippen molar-refractivity contribution in [2.75, 3.05) is 0 Å². The summed E-state index contributed by atoms with van der Waals surface area (Å²) in [6.45, 7) is 1.56. The smallest absolute Gasteiger partial charge is 0.326 e. The summed E-state index contributed by atoms with van der Waals surface area (Å²) in [7, 11) is 0. The summed E-state index contributed by atoms with van der Waals surface area (Å²) in [5, 5.41) is 9.04. The van der Waals surface area contributed by atoms with E-state index >= 15 is 0 Å². The first kappa shape index (κ1) is 12.5. The van der Waals surface area contributed by atoms with Gasteiger partial charge in [-0.2, -0.15) is 0 Å². The maximum atomic E-state index is 12.2. The SMILES string of the molecule is CC(C(=O)O)N(C(=O)Cc1cccnc1)C1CC1. The number of nitrogens with zero attached hydrogens (tertiary/aromatic N) is 2. The van der Waals surface area contributed by atoms with Crippen molar-refractivity contribution >= 4 is 11.9 Å². The van der Waals surface area contributed by atoms with Crippen LogP contribution in [0.1, 0.15) is 25.3 Å². The van der Waals surface area contributed by atoms with E-state index in [0.29, 0.717) is 0 Å². The molecule has 1 heterocycles. The van der Waals surface area contributed by atoms with E-state index in [4.69, 9.17) is 5.11 Å². The number of aliphatic carboxylic acids is 1. The summed E-state index contributed by atoms with van der Waals surface area (Å²) in [6, 6.07) is 2.92. The molecule has 1 aromatic rings. The van der Waals surface area contributed by atoms with E-state index in [0.717, 1.165) is 18.4 Å².